The summed E-state index contributed by atoms with van der Waals surface area (Å²) in [5.74, 6) is -1.24. The van der Waals surface area contributed by atoms with Crippen molar-refractivity contribution in [3.05, 3.63) is 29.8 Å². The number of sulfonamides is 1. The summed E-state index contributed by atoms with van der Waals surface area (Å²) in [4.78, 5) is 24.1. The minimum absolute atomic E-state index is 0.00557. The highest BCUT2D eigenvalue weighted by molar-refractivity contribution is 7.89. The summed E-state index contributed by atoms with van der Waals surface area (Å²) in [5, 5.41) is 8.50. The van der Waals surface area contributed by atoms with E-state index in [4.69, 9.17) is 5.11 Å². The molecule has 8 heteroatoms. The number of amides is 1. The molecule has 22 heavy (non-hydrogen) atoms. The van der Waals surface area contributed by atoms with Crippen LogP contribution < -0.4 is 4.72 Å². The lowest BCUT2D eigenvalue weighted by molar-refractivity contribution is -0.136. The molecule has 7 nitrogen and oxygen atoms in total. The molecule has 1 rings (SSSR count). The van der Waals surface area contributed by atoms with E-state index in [1.54, 1.807) is 4.90 Å². The van der Waals surface area contributed by atoms with Crippen molar-refractivity contribution in [3.63, 3.8) is 0 Å². The van der Waals surface area contributed by atoms with Crippen molar-refractivity contribution in [2.45, 2.75) is 25.2 Å². The number of carbonyl (C=O) groups excluding carboxylic acids is 1. The van der Waals surface area contributed by atoms with Crippen LogP contribution in [-0.4, -0.2) is 49.9 Å². The highest BCUT2D eigenvalue weighted by Crippen LogP contribution is 2.12. The molecule has 1 amide bonds. The molecule has 1 aromatic carbocycles. The topological polar surface area (TPSA) is 104 Å². The average Bonchev–Trinajstić information content (AvgIpc) is 2.48. The first-order chi connectivity index (χ1) is 10.3. The fraction of sp³-hybridized carbons (Fsp3) is 0.429. The molecule has 2 N–H and O–H groups in total. The fourth-order valence-corrected chi connectivity index (χ4v) is 2.88. The van der Waals surface area contributed by atoms with Crippen LogP contribution in [0.1, 0.15) is 30.6 Å². The minimum atomic E-state index is -3.77. The van der Waals surface area contributed by atoms with E-state index in [1.807, 2.05) is 13.8 Å². The summed E-state index contributed by atoms with van der Waals surface area (Å²) < 4.78 is 26.1. The number of nitrogens with one attached hydrogen (secondary N) is 1. The van der Waals surface area contributed by atoms with Gasteiger partial charge in [0.25, 0.3) is 5.91 Å². The van der Waals surface area contributed by atoms with E-state index in [1.165, 1.54) is 24.3 Å². The lowest BCUT2D eigenvalue weighted by Crippen LogP contribution is -2.30. The van der Waals surface area contributed by atoms with Gasteiger partial charge in [0.05, 0.1) is 11.3 Å². The predicted octanol–water partition coefficient (Wildman–Crippen LogP) is 0.922. The molecular formula is C14H20N2O5S. The highest BCUT2D eigenvalue weighted by Gasteiger charge is 2.16. The molecule has 0 heterocycles. The number of carboxylic acid groups (broad SMARTS) is 1. The van der Waals surface area contributed by atoms with Gasteiger partial charge in [-0.1, -0.05) is 0 Å². The molecular weight excluding hydrogens is 308 g/mol. The van der Waals surface area contributed by atoms with Gasteiger partial charge in [-0.15, -0.1) is 0 Å². The third-order valence-electron chi connectivity index (χ3n) is 3.09. The molecule has 0 atom stereocenters. The van der Waals surface area contributed by atoms with E-state index in [9.17, 15) is 18.0 Å². The molecule has 0 aliphatic rings. The van der Waals surface area contributed by atoms with E-state index in [-0.39, 0.29) is 23.8 Å². The first kappa shape index (κ1) is 18.1. The van der Waals surface area contributed by atoms with Gasteiger partial charge in [-0.3, -0.25) is 9.59 Å². The van der Waals surface area contributed by atoms with Gasteiger partial charge >= 0.3 is 5.97 Å². The van der Waals surface area contributed by atoms with Crippen molar-refractivity contribution in [2.75, 3.05) is 19.6 Å². The van der Waals surface area contributed by atoms with Crippen molar-refractivity contribution in [2.24, 2.45) is 0 Å². The van der Waals surface area contributed by atoms with Gasteiger partial charge in [-0.2, -0.15) is 0 Å². The molecule has 0 saturated heterocycles. The van der Waals surface area contributed by atoms with E-state index < -0.39 is 16.0 Å². The van der Waals surface area contributed by atoms with E-state index in [2.05, 4.69) is 4.72 Å². The molecule has 0 aliphatic heterocycles. The van der Waals surface area contributed by atoms with Gasteiger partial charge in [0.2, 0.25) is 10.0 Å². The Morgan fingerprint density at radius 3 is 2.14 bits per heavy atom. The average molecular weight is 328 g/mol. The summed E-state index contributed by atoms with van der Waals surface area (Å²) in [6.07, 6.45) is -0.294. The Kier molecular flexibility index (Phi) is 6.51. The smallest absolute Gasteiger partial charge is 0.304 e. The van der Waals surface area contributed by atoms with Crippen LogP contribution in [0.25, 0.3) is 0 Å². The van der Waals surface area contributed by atoms with Gasteiger partial charge in [-0.05, 0) is 38.1 Å². The van der Waals surface area contributed by atoms with Crippen LogP contribution in [0.5, 0.6) is 0 Å². The zero-order valence-corrected chi connectivity index (χ0v) is 13.4. The van der Waals surface area contributed by atoms with Crippen LogP contribution in [-0.2, 0) is 14.8 Å². The second kappa shape index (κ2) is 7.90. The van der Waals surface area contributed by atoms with Crippen LogP contribution in [0, 0.1) is 0 Å². The summed E-state index contributed by atoms with van der Waals surface area (Å²) in [5.41, 5.74) is 0.410. The number of carbonyl (C=O) groups is 2. The summed E-state index contributed by atoms with van der Waals surface area (Å²) in [6.45, 7) is 4.70. The fourth-order valence-electron chi connectivity index (χ4n) is 1.85. The zero-order valence-electron chi connectivity index (χ0n) is 12.6. The Labute approximate surface area is 130 Å². The minimum Gasteiger partial charge on any atom is -0.481 e. The van der Waals surface area contributed by atoms with Crippen molar-refractivity contribution >= 4 is 21.9 Å². The number of benzene rings is 1. The molecule has 0 radical (unpaired) electrons. The Bertz CT molecular complexity index is 621. The summed E-state index contributed by atoms with van der Waals surface area (Å²) in [7, 11) is -3.77. The Morgan fingerprint density at radius 2 is 1.68 bits per heavy atom. The normalized spacial score (nSPS) is 11.2. The number of aliphatic carboxylic acids is 1. The maximum atomic E-state index is 12.1. The van der Waals surface area contributed by atoms with Gasteiger partial charge in [0, 0.05) is 25.2 Å². The Hall–Kier alpha value is -1.93. The van der Waals surface area contributed by atoms with Crippen molar-refractivity contribution in [1.29, 1.82) is 0 Å². The number of carboxylic acids is 1. The molecule has 1 aromatic rings. The largest absolute Gasteiger partial charge is 0.481 e. The van der Waals surface area contributed by atoms with Crippen molar-refractivity contribution in [1.82, 2.24) is 9.62 Å². The SMILES string of the molecule is CCN(CC)C(=O)c1ccc(S(=O)(=O)NCCC(=O)O)cc1. The van der Waals surface area contributed by atoms with Gasteiger partial charge < -0.3 is 10.0 Å². The van der Waals surface area contributed by atoms with Crippen molar-refractivity contribution < 1.29 is 23.1 Å². The predicted molar refractivity (Wildman–Crippen MR) is 81.1 cm³/mol. The quantitative estimate of drug-likeness (QED) is 0.738. The molecule has 0 saturated carbocycles. The molecule has 122 valence electrons. The van der Waals surface area contributed by atoms with Gasteiger partial charge in [-0.25, -0.2) is 13.1 Å². The molecule has 0 bridgehead atoms. The number of rotatable bonds is 8. The maximum Gasteiger partial charge on any atom is 0.304 e. The van der Waals surface area contributed by atoms with Crippen LogP contribution in [0.15, 0.2) is 29.2 Å². The molecule has 0 unspecified atom stereocenters. The maximum absolute atomic E-state index is 12.1. The molecule has 0 aromatic heterocycles. The monoisotopic (exact) mass is 328 g/mol. The van der Waals surface area contributed by atoms with Crippen LogP contribution in [0.2, 0.25) is 0 Å². The van der Waals surface area contributed by atoms with Gasteiger partial charge in [0.15, 0.2) is 0 Å². The molecule has 0 spiro atoms. The lowest BCUT2D eigenvalue weighted by Gasteiger charge is -2.18. The summed E-state index contributed by atoms with van der Waals surface area (Å²) >= 11 is 0. The van der Waals surface area contributed by atoms with E-state index in [0.29, 0.717) is 18.7 Å². The number of hydrogen-bond donors (Lipinski definition) is 2. The third kappa shape index (κ3) is 4.81. The van der Waals surface area contributed by atoms with Gasteiger partial charge in [0.1, 0.15) is 0 Å². The standard InChI is InChI=1S/C14H20N2O5S/c1-3-16(4-2)14(19)11-5-7-12(8-6-11)22(20,21)15-10-9-13(17)18/h5-8,15H,3-4,9-10H2,1-2H3,(H,17,18). The second-order valence-corrected chi connectivity index (χ2v) is 6.31. The first-order valence-corrected chi connectivity index (χ1v) is 8.41. The first-order valence-electron chi connectivity index (χ1n) is 6.92. The zero-order chi connectivity index (χ0) is 16.8. The number of nitrogens with zero attached hydrogens (tertiary/aromatic N) is 1. The van der Waals surface area contributed by atoms with Crippen molar-refractivity contribution in [3.8, 4) is 0 Å². The van der Waals surface area contributed by atoms with E-state index >= 15 is 0 Å². The third-order valence-corrected chi connectivity index (χ3v) is 4.57. The Morgan fingerprint density at radius 1 is 1.14 bits per heavy atom. The molecule has 0 aliphatic carbocycles. The van der Waals surface area contributed by atoms with Crippen LogP contribution >= 0.6 is 0 Å². The van der Waals surface area contributed by atoms with E-state index in [0.717, 1.165) is 0 Å². The summed E-state index contributed by atoms with van der Waals surface area (Å²) in [6, 6.07) is 5.57. The second-order valence-electron chi connectivity index (χ2n) is 4.54. The lowest BCUT2D eigenvalue weighted by atomic mass is 10.2. The number of hydrogen-bond acceptors (Lipinski definition) is 4. The van der Waals surface area contributed by atoms with Crippen LogP contribution in [0.4, 0.5) is 0 Å². The molecule has 0 fully saturated rings. The highest BCUT2D eigenvalue weighted by atomic mass is 32.2. The van der Waals surface area contributed by atoms with Crippen LogP contribution in [0.3, 0.4) is 0 Å². The Balaban J connectivity index is 2.83.